The first-order valence-corrected chi connectivity index (χ1v) is 7.77. The second-order valence-corrected chi connectivity index (χ2v) is 6.59. The molecule has 1 aromatic rings. The third-order valence-electron chi connectivity index (χ3n) is 3.71. The molecule has 0 bridgehead atoms. The summed E-state index contributed by atoms with van der Waals surface area (Å²) in [5.41, 5.74) is 3.05. The number of benzene rings is 1. The van der Waals surface area contributed by atoms with Crippen molar-refractivity contribution in [1.82, 2.24) is 15.5 Å². The molecule has 0 saturated heterocycles. The van der Waals surface area contributed by atoms with Crippen molar-refractivity contribution >= 4 is 29.9 Å². The third kappa shape index (κ3) is 5.76. The van der Waals surface area contributed by atoms with Gasteiger partial charge in [-0.2, -0.15) is 0 Å². The van der Waals surface area contributed by atoms with E-state index < -0.39 is 0 Å². The Hall–Kier alpha value is -0.820. The molecule has 4 nitrogen and oxygen atoms in total. The summed E-state index contributed by atoms with van der Waals surface area (Å²) < 4.78 is 0. The molecular weight excluding hydrogens is 387 g/mol. The molecule has 0 radical (unpaired) electrons. The van der Waals surface area contributed by atoms with E-state index >= 15 is 0 Å². The maximum atomic E-state index is 4.42. The van der Waals surface area contributed by atoms with Crippen LogP contribution in [0.5, 0.6) is 0 Å². The lowest BCUT2D eigenvalue weighted by molar-refractivity contribution is 0.375. The Morgan fingerprint density at radius 2 is 1.86 bits per heavy atom. The fourth-order valence-corrected chi connectivity index (χ4v) is 2.62. The van der Waals surface area contributed by atoms with Crippen molar-refractivity contribution in [1.29, 1.82) is 0 Å². The molecule has 1 aliphatic rings. The lowest BCUT2D eigenvalue weighted by Crippen LogP contribution is -2.47. The number of fused-ring (bicyclic) bond motifs is 1. The fraction of sp³-hybridized carbons (Fsp3) is 0.588. The molecule has 0 spiro atoms. The first kappa shape index (κ1) is 19.2. The average molecular weight is 416 g/mol. The molecule has 0 aromatic heterocycles. The number of rotatable bonds is 3. The fourth-order valence-electron chi connectivity index (χ4n) is 2.62. The number of hydrogen-bond donors (Lipinski definition) is 2. The molecule has 2 N–H and O–H groups in total. The Morgan fingerprint density at radius 1 is 1.18 bits per heavy atom. The number of halogens is 1. The van der Waals surface area contributed by atoms with Crippen molar-refractivity contribution in [2.24, 2.45) is 4.99 Å². The molecule has 2 rings (SSSR count). The van der Waals surface area contributed by atoms with Gasteiger partial charge in [-0.3, -0.25) is 4.99 Å². The minimum atomic E-state index is 0. The normalized spacial score (nSPS) is 15.1. The second kappa shape index (κ2) is 8.72. The van der Waals surface area contributed by atoms with Gasteiger partial charge in [0.1, 0.15) is 0 Å². The van der Waals surface area contributed by atoms with Crippen molar-refractivity contribution in [3.05, 3.63) is 35.4 Å². The number of aliphatic imine (C=N–C) groups is 1. The highest BCUT2D eigenvalue weighted by Gasteiger charge is 2.18. The van der Waals surface area contributed by atoms with Crippen LogP contribution in [0.4, 0.5) is 0 Å². The monoisotopic (exact) mass is 416 g/mol. The van der Waals surface area contributed by atoms with Gasteiger partial charge < -0.3 is 15.5 Å². The Bertz CT molecular complexity index is 494. The smallest absolute Gasteiger partial charge is 0.194 e. The summed E-state index contributed by atoms with van der Waals surface area (Å²) in [4.78, 5) is 6.76. The van der Waals surface area contributed by atoms with Gasteiger partial charge in [0.15, 0.2) is 5.96 Å². The number of nitrogens with zero attached hydrogens (tertiary/aromatic N) is 2. The van der Waals surface area contributed by atoms with Crippen molar-refractivity contribution in [3.63, 3.8) is 0 Å². The molecule has 1 aliphatic heterocycles. The minimum absolute atomic E-state index is 0. The summed E-state index contributed by atoms with van der Waals surface area (Å²) in [5.74, 6) is 1.00. The van der Waals surface area contributed by atoms with E-state index in [4.69, 9.17) is 0 Å². The van der Waals surface area contributed by atoms with Crippen molar-refractivity contribution in [2.45, 2.75) is 39.3 Å². The Balaban J connectivity index is 0.00000242. The van der Waals surface area contributed by atoms with Crippen LogP contribution in [0.1, 0.15) is 31.9 Å². The van der Waals surface area contributed by atoms with Crippen LogP contribution < -0.4 is 10.6 Å². The summed E-state index contributed by atoms with van der Waals surface area (Å²) in [7, 11) is 1.86. The topological polar surface area (TPSA) is 39.7 Å². The van der Waals surface area contributed by atoms with E-state index in [1.165, 1.54) is 11.1 Å². The van der Waals surface area contributed by atoms with Crippen LogP contribution in [0, 0.1) is 0 Å². The van der Waals surface area contributed by atoms with Gasteiger partial charge in [0.2, 0.25) is 0 Å². The molecular formula is C17H29IN4. The van der Waals surface area contributed by atoms with E-state index in [1.807, 2.05) is 7.05 Å². The van der Waals surface area contributed by atoms with Crippen LogP contribution in [0.2, 0.25) is 0 Å². The quantitative estimate of drug-likeness (QED) is 0.345. The summed E-state index contributed by atoms with van der Waals surface area (Å²) in [6.45, 7) is 10.4. The summed E-state index contributed by atoms with van der Waals surface area (Å²) in [6.07, 6.45) is 1.09. The molecule has 0 amide bonds. The highest BCUT2D eigenvalue weighted by Crippen LogP contribution is 2.18. The molecule has 0 aliphatic carbocycles. The van der Waals surface area contributed by atoms with Crippen LogP contribution in [-0.2, 0) is 13.0 Å². The first-order chi connectivity index (χ1) is 9.99. The van der Waals surface area contributed by atoms with E-state index in [-0.39, 0.29) is 29.5 Å². The van der Waals surface area contributed by atoms with Gasteiger partial charge in [-0.15, -0.1) is 24.0 Å². The molecule has 0 fully saturated rings. The van der Waals surface area contributed by atoms with Crippen molar-refractivity contribution in [3.8, 4) is 0 Å². The Labute approximate surface area is 151 Å². The zero-order valence-corrected chi connectivity index (χ0v) is 16.5. The predicted octanol–water partition coefficient (Wildman–Crippen LogP) is 2.63. The summed E-state index contributed by atoms with van der Waals surface area (Å²) in [6, 6.07) is 8.69. The van der Waals surface area contributed by atoms with Crippen LogP contribution in [-0.4, -0.2) is 43.1 Å². The highest BCUT2D eigenvalue weighted by molar-refractivity contribution is 14.0. The minimum Gasteiger partial charge on any atom is -0.355 e. The first-order valence-electron chi connectivity index (χ1n) is 7.77. The summed E-state index contributed by atoms with van der Waals surface area (Å²) in [5, 5.41) is 6.94. The second-order valence-electron chi connectivity index (χ2n) is 6.59. The maximum absolute atomic E-state index is 4.42. The van der Waals surface area contributed by atoms with E-state index in [9.17, 15) is 0 Å². The highest BCUT2D eigenvalue weighted by atomic mass is 127. The molecule has 0 atom stereocenters. The van der Waals surface area contributed by atoms with Gasteiger partial charge in [-0.25, -0.2) is 0 Å². The molecule has 22 heavy (non-hydrogen) atoms. The molecule has 0 unspecified atom stereocenters. The van der Waals surface area contributed by atoms with E-state index in [2.05, 4.69) is 65.6 Å². The van der Waals surface area contributed by atoms with E-state index in [0.717, 1.165) is 38.6 Å². The largest absolute Gasteiger partial charge is 0.355 e. The molecule has 124 valence electrons. The van der Waals surface area contributed by atoms with Gasteiger partial charge in [0.25, 0.3) is 0 Å². The van der Waals surface area contributed by atoms with Crippen LogP contribution in [0.15, 0.2) is 29.3 Å². The molecule has 5 heteroatoms. The molecule has 1 aromatic carbocycles. The number of guanidine groups is 1. The van der Waals surface area contributed by atoms with Crippen LogP contribution >= 0.6 is 24.0 Å². The van der Waals surface area contributed by atoms with Gasteiger partial charge in [-0.1, -0.05) is 24.3 Å². The zero-order valence-electron chi connectivity index (χ0n) is 14.1. The SMILES string of the molecule is CN=C(NCCNC(C)(C)C)N1CCc2ccccc2C1.I. The Morgan fingerprint density at radius 3 is 2.50 bits per heavy atom. The van der Waals surface area contributed by atoms with Crippen molar-refractivity contribution in [2.75, 3.05) is 26.7 Å². The number of hydrogen-bond acceptors (Lipinski definition) is 2. The number of nitrogens with one attached hydrogen (secondary N) is 2. The average Bonchev–Trinajstić information content (AvgIpc) is 2.46. The zero-order chi connectivity index (χ0) is 15.3. The Kier molecular flexibility index (Phi) is 7.62. The van der Waals surface area contributed by atoms with E-state index in [1.54, 1.807) is 0 Å². The molecule has 1 heterocycles. The molecule has 0 saturated carbocycles. The van der Waals surface area contributed by atoms with Gasteiger partial charge in [-0.05, 0) is 38.3 Å². The van der Waals surface area contributed by atoms with Gasteiger partial charge in [0, 0.05) is 38.8 Å². The summed E-state index contributed by atoms with van der Waals surface area (Å²) >= 11 is 0. The standard InChI is InChI=1S/C17H28N4.HI/c1-17(2,3)20-11-10-19-16(18-4)21-12-9-14-7-5-6-8-15(14)13-21;/h5-8,20H,9-13H2,1-4H3,(H,18,19);1H. The predicted molar refractivity (Wildman–Crippen MR) is 105 cm³/mol. The lowest BCUT2D eigenvalue weighted by atomic mass is 10.0. The van der Waals surface area contributed by atoms with Crippen molar-refractivity contribution < 1.29 is 0 Å². The maximum Gasteiger partial charge on any atom is 0.194 e. The lowest BCUT2D eigenvalue weighted by Gasteiger charge is -2.32. The van der Waals surface area contributed by atoms with Crippen LogP contribution in [0.25, 0.3) is 0 Å². The van der Waals surface area contributed by atoms with Gasteiger partial charge in [0.05, 0.1) is 0 Å². The third-order valence-corrected chi connectivity index (χ3v) is 3.71. The van der Waals surface area contributed by atoms with E-state index in [0.29, 0.717) is 0 Å². The van der Waals surface area contributed by atoms with Gasteiger partial charge >= 0.3 is 0 Å². The van der Waals surface area contributed by atoms with Crippen LogP contribution in [0.3, 0.4) is 0 Å².